The second kappa shape index (κ2) is 23.9. The molecule has 0 saturated heterocycles. The number of amides is 1. The highest BCUT2D eigenvalue weighted by molar-refractivity contribution is 5.73. The van der Waals surface area contributed by atoms with Crippen molar-refractivity contribution in [2.75, 3.05) is 20.6 Å². The Morgan fingerprint density at radius 2 is 1.31 bits per heavy atom. The number of primary amides is 1. The van der Waals surface area contributed by atoms with Crippen molar-refractivity contribution in [1.29, 1.82) is 0 Å². The summed E-state index contributed by atoms with van der Waals surface area (Å²) in [6.45, 7) is 6.80. The maximum Gasteiger partial charge on any atom is 0.217 e. The van der Waals surface area contributed by atoms with Gasteiger partial charge >= 0.3 is 0 Å². The number of hydrogen-bond acceptors (Lipinski definition) is 2. The van der Waals surface area contributed by atoms with E-state index in [9.17, 15) is 4.79 Å². The number of nitrogens with zero attached hydrogens (tertiary/aromatic N) is 1. The van der Waals surface area contributed by atoms with Crippen molar-refractivity contribution in [1.82, 2.24) is 4.90 Å². The Labute approximate surface area is 164 Å². The highest BCUT2D eigenvalue weighted by Crippen LogP contribution is 2.09. The standard InChI is InChI=1S/C18H35NO.C5H11N/c1-2-3-4-5-6-7-8-9-10-11-12-13-14-15-16-17-18(19)20;1-4-5-6(2)3/h9-10H,2-8,11-17H2,1H3,(H2,19,20);4H,1,5H2,2-3H3/b10-9-;. The third kappa shape index (κ3) is 30.8. The van der Waals surface area contributed by atoms with Crippen molar-refractivity contribution < 1.29 is 4.79 Å². The summed E-state index contributed by atoms with van der Waals surface area (Å²) < 4.78 is 0. The van der Waals surface area contributed by atoms with E-state index in [4.69, 9.17) is 5.73 Å². The molecule has 0 fully saturated rings. The fourth-order valence-corrected chi connectivity index (χ4v) is 2.63. The lowest BCUT2D eigenvalue weighted by Gasteiger charge is -2.01. The summed E-state index contributed by atoms with van der Waals surface area (Å²) in [5.74, 6) is -0.164. The molecule has 0 saturated carbocycles. The smallest absolute Gasteiger partial charge is 0.217 e. The second-order valence-corrected chi connectivity index (χ2v) is 7.35. The van der Waals surface area contributed by atoms with Gasteiger partial charge in [-0.15, -0.1) is 6.58 Å². The van der Waals surface area contributed by atoms with Crippen molar-refractivity contribution >= 4 is 5.91 Å². The van der Waals surface area contributed by atoms with Gasteiger partial charge in [-0.1, -0.05) is 76.5 Å². The van der Waals surface area contributed by atoms with E-state index in [0.717, 1.165) is 19.4 Å². The molecular weight excluding hydrogens is 320 g/mol. The van der Waals surface area contributed by atoms with Crippen LogP contribution in [-0.4, -0.2) is 31.4 Å². The zero-order valence-corrected chi connectivity index (χ0v) is 18.0. The molecule has 0 spiro atoms. The first-order valence-corrected chi connectivity index (χ1v) is 10.7. The lowest BCUT2D eigenvalue weighted by Crippen LogP contribution is -2.09. The first-order valence-electron chi connectivity index (χ1n) is 10.7. The van der Waals surface area contributed by atoms with E-state index < -0.39 is 0 Å². The van der Waals surface area contributed by atoms with Crippen LogP contribution in [0.15, 0.2) is 24.8 Å². The molecule has 0 heterocycles. The number of carbonyl (C=O) groups excluding carboxylic acids is 1. The normalized spacial score (nSPS) is 10.8. The largest absolute Gasteiger partial charge is 0.370 e. The first-order chi connectivity index (χ1) is 12.5. The summed E-state index contributed by atoms with van der Waals surface area (Å²) in [4.78, 5) is 12.6. The molecule has 1 amide bonds. The zero-order valence-electron chi connectivity index (χ0n) is 18.0. The van der Waals surface area contributed by atoms with E-state index in [1.54, 1.807) is 0 Å². The Hall–Kier alpha value is -1.09. The quantitative estimate of drug-likeness (QED) is 0.244. The number of likely N-dealkylation sites (N-methyl/N-ethyl adjacent to an activating group) is 1. The van der Waals surface area contributed by atoms with Crippen LogP contribution in [-0.2, 0) is 4.79 Å². The molecule has 0 aliphatic rings. The fraction of sp³-hybridized carbons (Fsp3) is 0.783. The first kappa shape index (κ1) is 27.1. The van der Waals surface area contributed by atoms with Crippen molar-refractivity contribution in [3.05, 3.63) is 24.8 Å². The van der Waals surface area contributed by atoms with E-state index in [1.807, 2.05) is 20.2 Å². The third-order valence-corrected chi connectivity index (χ3v) is 4.18. The molecule has 0 aromatic heterocycles. The van der Waals surface area contributed by atoms with Gasteiger partial charge in [0.05, 0.1) is 0 Å². The van der Waals surface area contributed by atoms with E-state index in [1.165, 1.54) is 70.6 Å². The van der Waals surface area contributed by atoms with Gasteiger partial charge in [-0.25, -0.2) is 0 Å². The minimum atomic E-state index is -0.164. The molecule has 26 heavy (non-hydrogen) atoms. The number of nitrogens with two attached hydrogens (primary N) is 1. The summed E-state index contributed by atoms with van der Waals surface area (Å²) in [5, 5.41) is 0. The van der Waals surface area contributed by atoms with Gasteiger partial charge < -0.3 is 10.6 Å². The Balaban J connectivity index is 0. The summed E-state index contributed by atoms with van der Waals surface area (Å²) in [5.41, 5.74) is 5.10. The van der Waals surface area contributed by atoms with Crippen LogP contribution in [0.2, 0.25) is 0 Å². The van der Waals surface area contributed by atoms with Crippen molar-refractivity contribution in [3.8, 4) is 0 Å². The van der Waals surface area contributed by atoms with E-state index in [0.29, 0.717) is 6.42 Å². The Bertz CT molecular complexity index is 324. The average molecular weight is 367 g/mol. The summed E-state index contributed by atoms with van der Waals surface area (Å²) in [7, 11) is 4.03. The molecule has 0 atom stereocenters. The maximum atomic E-state index is 10.5. The summed E-state index contributed by atoms with van der Waals surface area (Å²) in [6.07, 6.45) is 23.8. The van der Waals surface area contributed by atoms with Gasteiger partial charge in [0.25, 0.3) is 0 Å². The molecule has 0 bridgehead atoms. The van der Waals surface area contributed by atoms with Gasteiger partial charge in [0.15, 0.2) is 0 Å². The molecule has 0 aromatic rings. The van der Waals surface area contributed by atoms with E-state index in [-0.39, 0.29) is 5.91 Å². The molecular formula is C23H46N2O. The maximum absolute atomic E-state index is 10.5. The van der Waals surface area contributed by atoms with Crippen molar-refractivity contribution in [3.63, 3.8) is 0 Å². The van der Waals surface area contributed by atoms with E-state index in [2.05, 4.69) is 30.6 Å². The van der Waals surface area contributed by atoms with Gasteiger partial charge in [-0.05, 0) is 46.2 Å². The summed E-state index contributed by atoms with van der Waals surface area (Å²) in [6, 6.07) is 0. The molecule has 0 rings (SSSR count). The van der Waals surface area contributed by atoms with E-state index >= 15 is 0 Å². The molecule has 3 nitrogen and oxygen atoms in total. The average Bonchev–Trinajstić information content (AvgIpc) is 2.58. The van der Waals surface area contributed by atoms with Gasteiger partial charge in [0.1, 0.15) is 0 Å². The van der Waals surface area contributed by atoms with Gasteiger partial charge in [0, 0.05) is 13.0 Å². The molecule has 154 valence electrons. The number of unbranched alkanes of at least 4 members (excludes halogenated alkanes) is 11. The molecule has 0 aromatic carbocycles. The van der Waals surface area contributed by atoms with Gasteiger partial charge in [-0.2, -0.15) is 0 Å². The molecule has 0 aliphatic heterocycles. The Kier molecular flexibility index (Phi) is 25.0. The zero-order chi connectivity index (χ0) is 19.9. The van der Waals surface area contributed by atoms with Crippen LogP contribution in [0.3, 0.4) is 0 Å². The van der Waals surface area contributed by atoms with Crippen LogP contribution >= 0.6 is 0 Å². The summed E-state index contributed by atoms with van der Waals surface area (Å²) >= 11 is 0. The predicted molar refractivity (Wildman–Crippen MR) is 117 cm³/mol. The van der Waals surface area contributed by atoms with Crippen LogP contribution in [0, 0.1) is 0 Å². The van der Waals surface area contributed by atoms with Crippen LogP contribution < -0.4 is 5.73 Å². The van der Waals surface area contributed by atoms with Crippen molar-refractivity contribution in [2.24, 2.45) is 5.73 Å². The van der Waals surface area contributed by atoms with Gasteiger partial charge in [-0.3, -0.25) is 4.79 Å². The minimum absolute atomic E-state index is 0.164. The highest BCUT2D eigenvalue weighted by atomic mass is 16.1. The molecule has 3 heteroatoms. The molecule has 0 unspecified atom stereocenters. The Morgan fingerprint density at radius 1 is 0.846 bits per heavy atom. The highest BCUT2D eigenvalue weighted by Gasteiger charge is 1.94. The SMILES string of the molecule is C=CCN(C)C.CCCCCCCC/C=C\CCCCCCCC(N)=O. The van der Waals surface area contributed by atoms with Gasteiger partial charge in [0.2, 0.25) is 5.91 Å². The minimum Gasteiger partial charge on any atom is -0.370 e. The molecule has 0 aliphatic carbocycles. The number of carbonyl (C=O) groups is 1. The van der Waals surface area contributed by atoms with Crippen LogP contribution in [0.1, 0.15) is 96.8 Å². The lowest BCUT2D eigenvalue weighted by molar-refractivity contribution is -0.118. The topological polar surface area (TPSA) is 46.3 Å². The molecule has 0 radical (unpaired) electrons. The van der Waals surface area contributed by atoms with Crippen molar-refractivity contribution in [2.45, 2.75) is 96.8 Å². The third-order valence-electron chi connectivity index (χ3n) is 4.18. The fourth-order valence-electron chi connectivity index (χ4n) is 2.63. The predicted octanol–water partition coefficient (Wildman–Crippen LogP) is 6.24. The Morgan fingerprint density at radius 3 is 1.69 bits per heavy atom. The number of allylic oxidation sites excluding steroid dienone is 2. The number of hydrogen-bond donors (Lipinski definition) is 1. The van der Waals surface area contributed by atoms with Crippen LogP contribution in [0.5, 0.6) is 0 Å². The number of rotatable bonds is 17. The molecule has 2 N–H and O–H groups in total. The lowest BCUT2D eigenvalue weighted by atomic mass is 10.1. The van der Waals surface area contributed by atoms with Crippen LogP contribution in [0.4, 0.5) is 0 Å². The second-order valence-electron chi connectivity index (χ2n) is 7.35. The monoisotopic (exact) mass is 366 g/mol. The van der Waals surface area contributed by atoms with Crippen LogP contribution in [0.25, 0.3) is 0 Å².